The Labute approximate surface area is 136 Å². The fraction of sp³-hybridized carbons (Fsp3) is 0.263. The third-order valence-corrected chi connectivity index (χ3v) is 3.26. The maximum Gasteiger partial charge on any atom is 0.340 e. The Morgan fingerprint density at radius 3 is 2.35 bits per heavy atom. The van der Waals surface area contributed by atoms with Crippen LogP contribution in [-0.4, -0.2) is 18.5 Å². The van der Waals surface area contributed by atoms with Crippen LogP contribution >= 0.6 is 0 Å². The van der Waals surface area contributed by atoms with Crippen molar-refractivity contribution in [3.05, 3.63) is 65.2 Å². The van der Waals surface area contributed by atoms with Crippen molar-refractivity contribution in [3.63, 3.8) is 0 Å². The van der Waals surface area contributed by atoms with Crippen LogP contribution in [0.25, 0.3) is 0 Å². The number of ether oxygens (including phenoxy) is 1. The first-order valence-electron chi connectivity index (χ1n) is 7.61. The maximum atomic E-state index is 12.3. The van der Waals surface area contributed by atoms with Crippen molar-refractivity contribution >= 4 is 17.6 Å². The molecule has 2 rings (SSSR count). The molecule has 120 valence electrons. The van der Waals surface area contributed by atoms with Crippen LogP contribution in [0.3, 0.4) is 0 Å². The van der Waals surface area contributed by atoms with E-state index in [0.717, 1.165) is 5.56 Å². The van der Waals surface area contributed by atoms with Crippen LogP contribution in [-0.2, 0) is 4.74 Å². The first-order chi connectivity index (χ1) is 11.0. The number of carbonyl (C=O) groups is 2. The number of carbonyl (C=O) groups excluding carboxylic acids is 2. The number of benzene rings is 2. The molecule has 0 aromatic heterocycles. The second kappa shape index (κ2) is 7.58. The van der Waals surface area contributed by atoms with Gasteiger partial charge in [0.1, 0.15) is 0 Å². The van der Waals surface area contributed by atoms with Gasteiger partial charge in [-0.1, -0.05) is 43.7 Å². The molecule has 0 unspecified atom stereocenters. The lowest BCUT2D eigenvalue weighted by molar-refractivity contribution is 0.0460. The quantitative estimate of drug-likeness (QED) is 0.847. The first kappa shape index (κ1) is 16.7. The molecule has 0 radical (unpaired) electrons. The Morgan fingerprint density at radius 1 is 1.04 bits per heavy atom. The number of aryl methyl sites for hydroxylation is 1. The van der Waals surface area contributed by atoms with Crippen LogP contribution in [0.15, 0.2) is 48.5 Å². The van der Waals surface area contributed by atoms with E-state index in [1.807, 2.05) is 32.9 Å². The number of amides is 1. The molecule has 0 atom stereocenters. The zero-order valence-electron chi connectivity index (χ0n) is 13.6. The Morgan fingerprint density at radius 2 is 1.70 bits per heavy atom. The number of esters is 1. The van der Waals surface area contributed by atoms with Crippen molar-refractivity contribution in [2.75, 3.05) is 11.9 Å². The van der Waals surface area contributed by atoms with Crippen molar-refractivity contribution in [2.24, 2.45) is 5.92 Å². The van der Waals surface area contributed by atoms with E-state index in [-0.39, 0.29) is 11.8 Å². The lowest BCUT2D eigenvalue weighted by Gasteiger charge is -2.12. The van der Waals surface area contributed by atoms with E-state index in [1.165, 1.54) is 0 Å². The van der Waals surface area contributed by atoms with Gasteiger partial charge in [0.05, 0.1) is 17.9 Å². The summed E-state index contributed by atoms with van der Waals surface area (Å²) >= 11 is 0. The molecule has 0 saturated carbocycles. The number of rotatable bonds is 5. The molecule has 1 N–H and O–H groups in total. The summed E-state index contributed by atoms with van der Waals surface area (Å²) in [6.07, 6.45) is 0. The predicted octanol–water partition coefficient (Wildman–Crippen LogP) is 4.06. The molecule has 0 aliphatic heterocycles. The topological polar surface area (TPSA) is 55.4 Å². The fourth-order valence-corrected chi connectivity index (χ4v) is 1.99. The fourth-order valence-electron chi connectivity index (χ4n) is 1.99. The summed E-state index contributed by atoms with van der Waals surface area (Å²) in [5.41, 5.74) is 2.43. The van der Waals surface area contributed by atoms with Gasteiger partial charge in [-0.3, -0.25) is 4.79 Å². The minimum Gasteiger partial charge on any atom is -0.462 e. The summed E-state index contributed by atoms with van der Waals surface area (Å²) in [4.78, 5) is 24.5. The average molecular weight is 311 g/mol. The highest BCUT2D eigenvalue weighted by atomic mass is 16.5. The van der Waals surface area contributed by atoms with Crippen LogP contribution in [0, 0.1) is 12.8 Å². The molecule has 4 nitrogen and oxygen atoms in total. The lowest BCUT2D eigenvalue weighted by Crippen LogP contribution is -2.17. The SMILES string of the molecule is Cc1ccc(C(=O)Nc2ccccc2C(=O)OCC(C)C)cc1. The van der Waals surface area contributed by atoms with E-state index in [9.17, 15) is 9.59 Å². The van der Waals surface area contributed by atoms with E-state index in [1.54, 1.807) is 36.4 Å². The number of hydrogen-bond acceptors (Lipinski definition) is 3. The lowest BCUT2D eigenvalue weighted by atomic mass is 10.1. The highest BCUT2D eigenvalue weighted by Crippen LogP contribution is 2.18. The average Bonchev–Trinajstić information content (AvgIpc) is 2.53. The van der Waals surface area contributed by atoms with Crippen LogP contribution in [0.2, 0.25) is 0 Å². The highest BCUT2D eigenvalue weighted by Gasteiger charge is 2.15. The van der Waals surface area contributed by atoms with E-state index >= 15 is 0 Å². The Balaban J connectivity index is 2.15. The maximum absolute atomic E-state index is 12.3. The Hall–Kier alpha value is -2.62. The second-order valence-electron chi connectivity index (χ2n) is 5.86. The zero-order valence-corrected chi connectivity index (χ0v) is 13.6. The monoisotopic (exact) mass is 311 g/mol. The molecule has 0 heterocycles. The first-order valence-corrected chi connectivity index (χ1v) is 7.61. The highest BCUT2D eigenvalue weighted by molar-refractivity contribution is 6.08. The largest absolute Gasteiger partial charge is 0.462 e. The predicted molar refractivity (Wildman–Crippen MR) is 90.7 cm³/mol. The number of anilines is 1. The molecule has 0 fully saturated rings. The van der Waals surface area contributed by atoms with E-state index < -0.39 is 5.97 Å². The number of nitrogens with one attached hydrogen (secondary N) is 1. The molecule has 23 heavy (non-hydrogen) atoms. The molecule has 4 heteroatoms. The summed E-state index contributed by atoms with van der Waals surface area (Å²) in [5, 5.41) is 2.78. The molecule has 0 aliphatic carbocycles. The van der Waals surface area contributed by atoms with E-state index in [2.05, 4.69) is 5.32 Å². The summed E-state index contributed by atoms with van der Waals surface area (Å²) in [6, 6.07) is 14.1. The summed E-state index contributed by atoms with van der Waals surface area (Å²) < 4.78 is 5.24. The molecule has 1 amide bonds. The van der Waals surface area contributed by atoms with Crippen molar-refractivity contribution in [1.82, 2.24) is 0 Å². The minimum absolute atomic E-state index is 0.255. The molecule has 0 aliphatic rings. The minimum atomic E-state index is -0.432. The number of para-hydroxylation sites is 1. The van der Waals surface area contributed by atoms with Gasteiger partial charge in [0.15, 0.2) is 0 Å². The van der Waals surface area contributed by atoms with E-state index in [4.69, 9.17) is 4.74 Å². The molecule has 0 spiro atoms. The molecule has 2 aromatic rings. The van der Waals surface area contributed by atoms with Crippen LogP contribution < -0.4 is 5.32 Å². The number of hydrogen-bond donors (Lipinski definition) is 1. The second-order valence-corrected chi connectivity index (χ2v) is 5.86. The third kappa shape index (κ3) is 4.68. The standard InChI is InChI=1S/C19H21NO3/c1-13(2)12-23-19(22)16-6-4-5-7-17(16)20-18(21)15-10-8-14(3)9-11-15/h4-11,13H,12H2,1-3H3,(H,20,21). The summed E-state index contributed by atoms with van der Waals surface area (Å²) in [5.74, 6) is -0.430. The molecule has 0 saturated heterocycles. The van der Waals surface area contributed by atoms with Gasteiger partial charge in [0, 0.05) is 5.56 Å². The van der Waals surface area contributed by atoms with Gasteiger partial charge in [-0.15, -0.1) is 0 Å². The van der Waals surface area contributed by atoms with Crippen LogP contribution in [0.5, 0.6) is 0 Å². The van der Waals surface area contributed by atoms with Gasteiger partial charge < -0.3 is 10.1 Å². The molecular formula is C19H21NO3. The zero-order chi connectivity index (χ0) is 16.8. The van der Waals surface area contributed by atoms with Crippen LogP contribution in [0.4, 0.5) is 5.69 Å². The normalized spacial score (nSPS) is 10.4. The van der Waals surface area contributed by atoms with Crippen molar-refractivity contribution in [3.8, 4) is 0 Å². The summed E-state index contributed by atoms with van der Waals surface area (Å²) in [6.45, 7) is 6.25. The van der Waals surface area contributed by atoms with Gasteiger partial charge in [-0.05, 0) is 37.1 Å². The van der Waals surface area contributed by atoms with Crippen molar-refractivity contribution in [1.29, 1.82) is 0 Å². The van der Waals surface area contributed by atoms with Gasteiger partial charge in [0.2, 0.25) is 0 Å². The van der Waals surface area contributed by atoms with Crippen LogP contribution in [0.1, 0.15) is 40.1 Å². The smallest absolute Gasteiger partial charge is 0.340 e. The van der Waals surface area contributed by atoms with Gasteiger partial charge >= 0.3 is 5.97 Å². The van der Waals surface area contributed by atoms with Crippen molar-refractivity contribution < 1.29 is 14.3 Å². The molecular weight excluding hydrogens is 290 g/mol. The van der Waals surface area contributed by atoms with Gasteiger partial charge in [-0.25, -0.2) is 4.79 Å². The Bertz CT molecular complexity index is 690. The molecule has 2 aromatic carbocycles. The Kier molecular flexibility index (Phi) is 5.52. The van der Waals surface area contributed by atoms with Gasteiger partial charge in [0.25, 0.3) is 5.91 Å². The van der Waals surface area contributed by atoms with Gasteiger partial charge in [-0.2, -0.15) is 0 Å². The summed E-state index contributed by atoms with van der Waals surface area (Å²) in [7, 11) is 0. The van der Waals surface area contributed by atoms with Crippen molar-refractivity contribution in [2.45, 2.75) is 20.8 Å². The molecule has 0 bridgehead atoms. The van der Waals surface area contributed by atoms with E-state index in [0.29, 0.717) is 23.4 Å². The third-order valence-electron chi connectivity index (χ3n) is 3.26.